The molecule has 27 heavy (non-hydrogen) atoms. The first-order valence-corrected chi connectivity index (χ1v) is 8.09. The highest BCUT2D eigenvalue weighted by Crippen LogP contribution is 2.28. The molecular weight excluding hydrogens is 344 g/mol. The topological polar surface area (TPSA) is 110 Å². The fourth-order valence-corrected chi connectivity index (χ4v) is 2.53. The van der Waals surface area contributed by atoms with Crippen molar-refractivity contribution in [2.75, 3.05) is 0 Å². The number of carbonyl (C=O) groups is 1. The molecule has 134 valence electrons. The van der Waals surface area contributed by atoms with Gasteiger partial charge in [-0.05, 0) is 49.2 Å². The highest BCUT2D eigenvalue weighted by molar-refractivity contribution is 6.00. The Morgan fingerprint density at radius 2 is 2.04 bits per heavy atom. The Bertz CT molecular complexity index is 1190. The number of nitriles is 1. The normalized spacial score (nSPS) is 11.2. The minimum Gasteiger partial charge on any atom is -0.438 e. The molecule has 0 atom stereocenters. The monoisotopic (exact) mass is 360 g/mol. The van der Waals surface area contributed by atoms with Gasteiger partial charge < -0.3 is 10.5 Å². The minimum absolute atomic E-state index is 0.00565. The highest BCUT2D eigenvalue weighted by atomic mass is 16.5. The molecule has 1 amide bonds. The van der Waals surface area contributed by atoms with Gasteiger partial charge in [-0.3, -0.25) is 14.0 Å². The number of primary amides is 1. The average molecular weight is 360 g/mol. The van der Waals surface area contributed by atoms with Gasteiger partial charge >= 0.3 is 0 Å². The lowest BCUT2D eigenvalue weighted by Crippen LogP contribution is -2.20. The third kappa shape index (κ3) is 3.41. The summed E-state index contributed by atoms with van der Waals surface area (Å²) in [6.07, 6.45) is 2.65. The summed E-state index contributed by atoms with van der Waals surface area (Å²) in [6.45, 7) is 3.82. The van der Waals surface area contributed by atoms with E-state index in [1.54, 1.807) is 36.5 Å². The SMILES string of the molecule is Cc1cccc(Oc2nc3ccccn3c(=O)c2/C=C(\C#N)C(N)=O)c1C. The summed E-state index contributed by atoms with van der Waals surface area (Å²) >= 11 is 0. The van der Waals surface area contributed by atoms with E-state index in [-0.39, 0.29) is 17.0 Å². The zero-order valence-electron chi connectivity index (χ0n) is 14.8. The number of carbonyl (C=O) groups excluding carboxylic acids is 1. The number of rotatable bonds is 4. The second-order valence-corrected chi connectivity index (χ2v) is 5.90. The number of benzene rings is 1. The molecule has 0 radical (unpaired) electrons. The number of amides is 1. The van der Waals surface area contributed by atoms with Crippen LogP contribution in [0.15, 0.2) is 53.0 Å². The summed E-state index contributed by atoms with van der Waals surface area (Å²) in [7, 11) is 0. The molecule has 0 aliphatic carbocycles. The van der Waals surface area contributed by atoms with Gasteiger partial charge in [0.05, 0.1) is 0 Å². The van der Waals surface area contributed by atoms with Crippen molar-refractivity contribution in [3.63, 3.8) is 0 Å². The molecule has 0 saturated carbocycles. The molecule has 7 nitrogen and oxygen atoms in total. The van der Waals surface area contributed by atoms with E-state index in [9.17, 15) is 9.59 Å². The summed E-state index contributed by atoms with van der Waals surface area (Å²) in [5.74, 6) is -0.420. The van der Waals surface area contributed by atoms with Crippen molar-refractivity contribution in [3.05, 3.63) is 75.2 Å². The van der Waals surface area contributed by atoms with Crippen LogP contribution in [-0.2, 0) is 4.79 Å². The number of pyridine rings is 1. The fraction of sp³-hybridized carbons (Fsp3) is 0.100. The van der Waals surface area contributed by atoms with Gasteiger partial charge in [0.1, 0.15) is 28.6 Å². The van der Waals surface area contributed by atoms with Crippen molar-refractivity contribution < 1.29 is 9.53 Å². The predicted octanol–water partition coefficient (Wildman–Crippen LogP) is 2.50. The highest BCUT2D eigenvalue weighted by Gasteiger charge is 2.17. The van der Waals surface area contributed by atoms with Crippen LogP contribution >= 0.6 is 0 Å². The first kappa shape index (κ1) is 17.9. The van der Waals surface area contributed by atoms with Gasteiger partial charge in [-0.15, -0.1) is 0 Å². The zero-order valence-corrected chi connectivity index (χ0v) is 14.8. The van der Waals surface area contributed by atoms with E-state index in [4.69, 9.17) is 15.7 Å². The number of aromatic nitrogens is 2. The van der Waals surface area contributed by atoms with Gasteiger partial charge in [0.2, 0.25) is 5.88 Å². The lowest BCUT2D eigenvalue weighted by Gasteiger charge is -2.12. The van der Waals surface area contributed by atoms with Crippen molar-refractivity contribution in [2.24, 2.45) is 5.73 Å². The quantitative estimate of drug-likeness (QED) is 0.568. The summed E-state index contributed by atoms with van der Waals surface area (Å²) < 4.78 is 7.21. The minimum atomic E-state index is -0.937. The van der Waals surface area contributed by atoms with Crippen LogP contribution in [-0.4, -0.2) is 15.3 Å². The van der Waals surface area contributed by atoms with Crippen molar-refractivity contribution >= 4 is 17.6 Å². The van der Waals surface area contributed by atoms with Gasteiger partial charge in [0.25, 0.3) is 11.5 Å². The molecule has 0 fully saturated rings. The molecular formula is C20H16N4O3. The zero-order chi connectivity index (χ0) is 19.6. The Kier molecular flexibility index (Phi) is 4.73. The molecule has 3 aromatic rings. The third-order valence-electron chi connectivity index (χ3n) is 4.17. The summed E-state index contributed by atoms with van der Waals surface area (Å²) in [6, 6.07) is 12.3. The second kappa shape index (κ2) is 7.14. The first-order chi connectivity index (χ1) is 12.9. The van der Waals surface area contributed by atoms with E-state index < -0.39 is 11.5 Å². The van der Waals surface area contributed by atoms with Crippen molar-refractivity contribution in [1.29, 1.82) is 5.26 Å². The fourth-order valence-electron chi connectivity index (χ4n) is 2.53. The second-order valence-electron chi connectivity index (χ2n) is 5.90. The maximum absolute atomic E-state index is 12.9. The van der Waals surface area contributed by atoms with Crippen LogP contribution in [0.2, 0.25) is 0 Å². The molecule has 2 N–H and O–H groups in total. The number of aryl methyl sites for hydroxylation is 1. The van der Waals surface area contributed by atoms with E-state index in [0.717, 1.165) is 17.2 Å². The van der Waals surface area contributed by atoms with Gasteiger partial charge in [-0.2, -0.15) is 10.2 Å². The van der Waals surface area contributed by atoms with Crippen LogP contribution in [0, 0.1) is 25.2 Å². The van der Waals surface area contributed by atoms with Crippen molar-refractivity contribution in [3.8, 4) is 17.7 Å². The number of nitrogens with zero attached hydrogens (tertiary/aromatic N) is 3. The van der Waals surface area contributed by atoms with E-state index in [2.05, 4.69) is 4.98 Å². The number of hydrogen-bond donors (Lipinski definition) is 1. The molecule has 2 aromatic heterocycles. The molecule has 0 aliphatic rings. The maximum atomic E-state index is 12.9. The summed E-state index contributed by atoms with van der Waals surface area (Å²) in [4.78, 5) is 28.7. The number of fused-ring (bicyclic) bond motifs is 1. The van der Waals surface area contributed by atoms with Crippen molar-refractivity contribution in [2.45, 2.75) is 13.8 Å². The van der Waals surface area contributed by atoms with Crippen LogP contribution in [0.1, 0.15) is 16.7 Å². The van der Waals surface area contributed by atoms with Crippen LogP contribution in [0.25, 0.3) is 11.7 Å². The number of ether oxygens (including phenoxy) is 1. The van der Waals surface area contributed by atoms with Crippen molar-refractivity contribution in [1.82, 2.24) is 9.38 Å². The molecule has 7 heteroatoms. The Morgan fingerprint density at radius 3 is 2.74 bits per heavy atom. The van der Waals surface area contributed by atoms with Gasteiger partial charge in [-0.25, -0.2) is 0 Å². The smallest absolute Gasteiger partial charge is 0.269 e. The van der Waals surface area contributed by atoms with Gasteiger partial charge in [0, 0.05) is 6.20 Å². The largest absolute Gasteiger partial charge is 0.438 e. The third-order valence-corrected chi connectivity index (χ3v) is 4.17. The first-order valence-electron chi connectivity index (χ1n) is 8.09. The molecule has 2 heterocycles. The lowest BCUT2D eigenvalue weighted by atomic mass is 10.1. The van der Waals surface area contributed by atoms with E-state index >= 15 is 0 Å². The standard InChI is InChI=1S/C20H16N4O3/c1-12-6-5-7-16(13(12)2)27-19-15(10-14(11-21)18(22)25)20(26)24-9-4-3-8-17(24)23-19/h3-10H,1-2H3,(H2,22,25)/b14-10+. The lowest BCUT2D eigenvalue weighted by molar-refractivity contribution is -0.114. The Labute approximate surface area is 155 Å². The Hall–Kier alpha value is -3.92. The van der Waals surface area contributed by atoms with Gasteiger partial charge in [0.15, 0.2) is 0 Å². The molecule has 0 bridgehead atoms. The molecule has 1 aromatic carbocycles. The van der Waals surface area contributed by atoms with Crippen LogP contribution in [0.4, 0.5) is 0 Å². The molecule has 0 saturated heterocycles. The summed E-state index contributed by atoms with van der Waals surface area (Å²) in [5, 5.41) is 9.13. The predicted molar refractivity (Wildman–Crippen MR) is 100 cm³/mol. The van der Waals surface area contributed by atoms with E-state index in [1.165, 1.54) is 4.40 Å². The Balaban J connectivity index is 2.28. The van der Waals surface area contributed by atoms with Crippen LogP contribution in [0.3, 0.4) is 0 Å². The molecule has 0 spiro atoms. The van der Waals surface area contributed by atoms with E-state index in [0.29, 0.717) is 11.4 Å². The molecule has 0 unspecified atom stereocenters. The summed E-state index contributed by atoms with van der Waals surface area (Å²) in [5.41, 5.74) is 6.60. The van der Waals surface area contributed by atoms with E-state index in [1.807, 2.05) is 26.0 Å². The van der Waals surface area contributed by atoms with Crippen LogP contribution < -0.4 is 16.0 Å². The molecule has 3 rings (SSSR count). The maximum Gasteiger partial charge on any atom is 0.269 e. The average Bonchev–Trinajstić information content (AvgIpc) is 2.65. The number of nitrogens with two attached hydrogens (primary N) is 1. The molecule has 0 aliphatic heterocycles. The van der Waals surface area contributed by atoms with Gasteiger partial charge in [-0.1, -0.05) is 18.2 Å². The Morgan fingerprint density at radius 1 is 1.26 bits per heavy atom. The van der Waals surface area contributed by atoms with Crippen LogP contribution in [0.5, 0.6) is 11.6 Å². The number of hydrogen-bond acceptors (Lipinski definition) is 5.